The molecule has 0 aromatic rings. The molecular weight excluding hydrogens is 424 g/mol. The predicted octanol–water partition coefficient (Wildman–Crippen LogP) is 5.16. The fourth-order valence-corrected chi connectivity index (χ4v) is 12.2. The highest BCUT2D eigenvalue weighted by Crippen LogP contribution is 2.78. The van der Waals surface area contributed by atoms with Crippen LogP contribution >= 0.6 is 0 Å². The minimum absolute atomic E-state index is 0.0404. The topological polar surface area (TPSA) is 80.9 Å². The number of fused-ring (bicyclic) bond motifs is 7. The maximum Gasteiger partial charge on any atom is 0.0704 e. The summed E-state index contributed by atoms with van der Waals surface area (Å²) in [5.74, 6) is 0.955. The Balaban J connectivity index is 1.60. The molecule has 0 unspecified atom stereocenters. The first-order chi connectivity index (χ1) is 15.5. The lowest BCUT2D eigenvalue weighted by molar-refractivity contribution is -0.301. The number of aliphatic hydroxyl groups excluding tert-OH is 3. The van der Waals surface area contributed by atoms with E-state index in [1.165, 1.54) is 0 Å². The van der Waals surface area contributed by atoms with Gasteiger partial charge in [-0.15, -0.1) is 0 Å². The Morgan fingerprint density at radius 2 is 1.29 bits per heavy atom. The summed E-state index contributed by atoms with van der Waals surface area (Å²) in [6, 6.07) is 0. The van der Waals surface area contributed by atoms with Gasteiger partial charge in [-0.05, 0) is 108 Å². The average molecular weight is 477 g/mol. The Labute approximate surface area is 207 Å². The van der Waals surface area contributed by atoms with E-state index in [0.717, 1.165) is 51.4 Å². The van der Waals surface area contributed by atoms with Gasteiger partial charge in [-0.25, -0.2) is 0 Å². The van der Waals surface area contributed by atoms with E-state index in [1.54, 1.807) is 0 Å². The van der Waals surface area contributed by atoms with Crippen molar-refractivity contribution in [3.8, 4) is 0 Å². The van der Waals surface area contributed by atoms with Gasteiger partial charge in [-0.1, -0.05) is 55.4 Å². The lowest BCUT2D eigenvalue weighted by Gasteiger charge is -2.74. The first-order valence-corrected chi connectivity index (χ1v) is 14.3. The molecule has 5 rings (SSSR count). The number of aliphatic hydroxyl groups is 4. The van der Waals surface area contributed by atoms with Crippen molar-refractivity contribution in [1.29, 1.82) is 0 Å². The van der Waals surface area contributed by atoms with Crippen molar-refractivity contribution in [3.63, 3.8) is 0 Å². The van der Waals surface area contributed by atoms with Crippen molar-refractivity contribution >= 4 is 0 Å². The van der Waals surface area contributed by atoms with Crippen molar-refractivity contribution in [2.45, 2.75) is 131 Å². The summed E-state index contributed by atoms with van der Waals surface area (Å²) in [5.41, 5.74) is -1.32. The van der Waals surface area contributed by atoms with E-state index >= 15 is 0 Å². The van der Waals surface area contributed by atoms with Crippen LogP contribution in [-0.4, -0.2) is 44.3 Å². The molecule has 4 N–H and O–H groups in total. The second-order valence-corrected chi connectivity index (χ2v) is 15.5. The van der Waals surface area contributed by atoms with Gasteiger partial charge < -0.3 is 20.4 Å². The summed E-state index contributed by atoms with van der Waals surface area (Å²) >= 11 is 0. The van der Waals surface area contributed by atoms with Crippen LogP contribution in [0.4, 0.5) is 0 Å². The molecule has 12 atom stereocenters. The molecule has 0 amide bonds. The molecule has 0 heterocycles. The summed E-state index contributed by atoms with van der Waals surface area (Å²) in [6.07, 6.45) is 5.85. The van der Waals surface area contributed by atoms with E-state index in [1.807, 2.05) is 0 Å². The monoisotopic (exact) mass is 476 g/mol. The predicted molar refractivity (Wildman–Crippen MR) is 135 cm³/mol. The van der Waals surface area contributed by atoms with Crippen molar-refractivity contribution in [1.82, 2.24) is 0 Å². The van der Waals surface area contributed by atoms with Crippen LogP contribution in [0.25, 0.3) is 0 Å². The maximum absolute atomic E-state index is 12.0. The molecule has 0 bridgehead atoms. The third kappa shape index (κ3) is 2.76. The number of rotatable bonds is 1. The molecule has 0 spiro atoms. The molecule has 5 aliphatic rings. The summed E-state index contributed by atoms with van der Waals surface area (Å²) in [4.78, 5) is 0. The van der Waals surface area contributed by atoms with Crippen LogP contribution < -0.4 is 0 Å². The zero-order chi connectivity index (χ0) is 25.3. The van der Waals surface area contributed by atoms with E-state index in [2.05, 4.69) is 55.4 Å². The highest BCUT2D eigenvalue weighted by atomic mass is 16.3. The molecule has 5 saturated carbocycles. The fourth-order valence-electron chi connectivity index (χ4n) is 12.2. The first-order valence-electron chi connectivity index (χ1n) is 14.3. The van der Waals surface area contributed by atoms with Crippen molar-refractivity contribution in [3.05, 3.63) is 0 Å². The first kappa shape index (κ1) is 25.5. The molecule has 0 aromatic heterocycles. The Hall–Kier alpha value is -0.160. The smallest absolute Gasteiger partial charge is 0.0704 e. The van der Waals surface area contributed by atoms with Crippen LogP contribution in [0, 0.1) is 56.7 Å². The van der Waals surface area contributed by atoms with Gasteiger partial charge in [0.1, 0.15) is 0 Å². The molecular formula is C30H52O4. The summed E-state index contributed by atoms with van der Waals surface area (Å²) in [6.45, 7) is 18.2. The average Bonchev–Trinajstić information content (AvgIpc) is 2.99. The summed E-state index contributed by atoms with van der Waals surface area (Å²) in [7, 11) is 0. The zero-order valence-corrected chi connectivity index (χ0v) is 23.1. The van der Waals surface area contributed by atoms with E-state index in [9.17, 15) is 20.4 Å². The van der Waals surface area contributed by atoms with Crippen LogP contribution in [-0.2, 0) is 0 Å². The van der Waals surface area contributed by atoms with Gasteiger partial charge in [0.05, 0.1) is 23.9 Å². The minimum Gasteiger partial charge on any atom is -0.393 e. The third-order valence-corrected chi connectivity index (χ3v) is 13.9. The Morgan fingerprint density at radius 3 is 1.91 bits per heavy atom. The van der Waals surface area contributed by atoms with Crippen LogP contribution in [0.1, 0.15) is 107 Å². The molecule has 196 valence electrons. The SMILES string of the molecule is CC(C)[C@@]1(O)CC[C@@]2(C)[C@H]1CC[C@]1(C)[C@H]2[C@@H](O)C[C@@H]2[C@]3(C)CC[C@@H](O)C(C)(C)[C@@H]3[C@@H](O)C[C@]21C. The van der Waals surface area contributed by atoms with Gasteiger partial charge in [-0.3, -0.25) is 0 Å². The van der Waals surface area contributed by atoms with Crippen LogP contribution in [0.3, 0.4) is 0 Å². The molecule has 4 heteroatoms. The minimum atomic E-state index is -0.639. The molecule has 5 fully saturated rings. The highest BCUT2D eigenvalue weighted by Gasteiger charge is 2.75. The van der Waals surface area contributed by atoms with Crippen LogP contribution in [0.2, 0.25) is 0 Å². The van der Waals surface area contributed by atoms with Gasteiger partial charge in [-0.2, -0.15) is 0 Å². The quantitative estimate of drug-likeness (QED) is 0.421. The van der Waals surface area contributed by atoms with Crippen molar-refractivity contribution < 1.29 is 20.4 Å². The van der Waals surface area contributed by atoms with Gasteiger partial charge >= 0.3 is 0 Å². The van der Waals surface area contributed by atoms with Crippen LogP contribution in [0.5, 0.6) is 0 Å². The van der Waals surface area contributed by atoms with E-state index in [0.29, 0.717) is 5.92 Å². The molecule has 5 aliphatic carbocycles. The molecule has 34 heavy (non-hydrogen) atoms. The van der Waals surface area contributed by atoms with Gasteiger partial charge in [0, 0.05) is 0 Å². The lowest BCUT2D eigenvalue weighted by Crippen LogP contribution is -2.72. The van der Waals surface area contributed by atoms with Crippen molar-refractivity contribution in [2.75, 3.05) is 0 Å². The van der Waals surface area contributed by atoms with Crippen molar-refractivity contribution in [2.24, 2.45) is 56.7 Å². The second kappa shape index (κ2) is 7.23. The maximum atomic E-state index is 12.0. The number of hydrogen-bond donors (Lipinski definition) is 4. The highest BCUT2D eigenvalue weighted by molar-refractivity contribution is 5.23. The molecule has 4 nitrogen and oxygen atoms in total. The normalized spacial score (nSPS) is 60.8. The zero-order valence-electron chi connectivity index (χ0n) is 23.1. The van der Waals surface area contributed by atoms with E-state index < -0.39 is 11.7 Å². The molecule has 0 saturated heterocycles. The number of hydrogen-bond acceptors (Lipinski definition) is 4. The molecule has 0 aromatic carbocycles. The van der Waals surface area contributed by atoms with E-state index in [4.69, 9.17) is 0 Å². The third-order valence-electron chi connectivity index (χ3n) is 13.9. The van der Waals surface area contributed by atoms with Gasteiger partial charge in [0.2, 0.25) is 0 Å². The van der Waals surface area contributed by atoms with Gasteiger partial charge in [0.25, 0.3) is 0 Å². The molecule has 0 radical (unpaired) electrons. The molecule has 0 aliphatic heterocycles. The summed E-state index contributed by atoms with van der Waals surface area (Å²) in [5, 5.41) is 46.5. The van der Waals surface area contributed by atoms with Gasteiger partial charge in [0.15, 0.2) is 0 Å². The fraction of sp³-hybridized carbons (Fsp3) is 1.00. The Morgan fingerprint density at radius 1 is 0.676 bits per heavy atom. The van der Waals surface area contributed by atoms with E-state index in [-0.39, 0.29) is 63.0 Å². The Kier molecular flexibility index (Phi) is 5.42. The second-order valence-electron chi connectivity index (χ2n) is 15.5. The largest absolute Gasteiger partial charge is 0.393 e. The Bertz CT molecular complexity index is 840. The summed E-state index contributed by atoms with van der Waals surface area (Å²) < 4.78 is 0. The lowest BCUT2D eigenvalue weighted by atomic mass is 9.31. The van der Waals surface area contributed by atoms with Crippen LogP contribution in [0.15, 0.2) is 0 Å². The standard InChI is InChI=1S/C30H52O4/c1-17(2)30(34)14-13-27(6)20(30)9-12-28(7)24(27)18(31)15-21-26(5)11-10-22(33)25(3,4)23(26)19(32)16-29(21,28)8/h17-24,31-34H,9-16H2,1-8H3/t18-,19-,20+,21+,22+,23-,24-,26-,27-,28+,29+,30-/m0/s1.